The molecule has 82 valence electrons. The average Bonchev–Trinajstić information content (AvgIpc) is 2.32. The van der Waals surface area contributed by atoms with Crippen LogP contribution in [0.5, 0.6) is 0 Å². The van der Waals surface area contributed by atoms with Gasteiger partial charge in [-0.05, 0) is 24.8 Å². The van der Waals surface area contributed by atoms with Crippen molar-refractivity contribution < 1.29 is 9.47 Å². The fourth-order valence-electron chi connectivity index (χ4n) is 1.83. The highest BCUT2D eigenvalue weighted by Gasteiger charge is 2.13. The summed E-state index contributed by atoms with van der Waals surface area (Å²) in [5.41, 5.74) is 1.35. The Balaban J connectivity index is 1.66. The first-order chi connectivity index (χ1) is 7.45. The molecule has 1 aromatic rings. The minimum Gasteiger partial charge on any atom is -0.381 e. The van der Waals surface area contributed by atoms with Gasteiger partial charge in [-0.15, -0.1) is 0 Å². The number of rotatable bonds is 4. The molecule has 1 fully saturated rings. The van der Waals surface area contributed by atoms with Crippen LogP contribution in [0.2, 0.25) is 0 Å². The summed E-state index contributed by atoms with van der Waals surface area (Å²) in [4.78, 5) is 0. The van der Waals surface area contributed by atoms with Gasteiger partial charge < -0.3 is 9.47 Å². The van der Waals surface area contributed by atoms with E-state index in [1.54, 1.807) is 0 Å². The molecule has 1 heterocycles. The van der Waals surface area contributed by atoms with Crippen LogP contribution >= 0.6 is 0 Å². The largest absolute Gasteiger partial charge is 0.381 e. The lowest BCUT2D eigenvalue weighted by Gasteiger charge is -2.22. The minimum atomic E-state index is 0.419. The summed E-state index contributed by atoms with van der Waals surface area (Å²) in [7, 11) is 0. The van der Waals surface area contributed by atoms with Crippen LogP contribution in [0.1, 0.15) is 18.4 Å². The predicted octanol–water partition coefficient (Wildman–Crippen LogP) is 2.42. The molecule has 0 bridgehead atoms. The quantitative estimate of drug-likeness (QED) is 0.753. The van der Waals surface area contributed by atoms with E-state index in [0.717, 1.165) is 39.1 Å². The van der Waals surface area contributed by atoms with Gasteiger partial charge in [0.1, 0.15) is 0 Å². The molecule has 0 aliphatic carbocycles. The summed E-state index contributed by atoms with van der Waals surface area (Å²) in [5.74, 6) is 0. The summed E-state index contributed by atoms with van der Waals surface area (Å²) in [6, 6.07) is 10.5. The summed E-state index contributed by atoms with van der Waals surface area (Å²) in [6.45, 7) is 2.54. The normalized spacial score (nSPS) is 17.9. The summed E-state index contributed by atoms with van der Waals surface area (Å²) in [6.07, 6.45) is 3.53. The second-order valence-corrected chi connectivity index (χ2v) is 3.92. The van der Waals surface area contributed by atoms with Crippen molar-refractivity contribution in [3.63, 3.8) is 0 Å². The van der Waals surface area contributed by atoms with E-state index in [2.05, 4.69) is 24.3 Å². The van der Waals surface area contributed by atoms with Crippen molar-refractivity contribution in [2.45, 2.75) is 25.4 Å². The molecule has 1 aliphatic rings. The van der Waals surface area contributed by atoms with Gasteiger partial charge in [0.2, 0.25) is 0 Å². The molecular weight excluding hydrogens is 188 g/mol. The molecule has 1 aliphatic heterocycles. The van der Waals surface area contributed by atoms with Crippen LogP contribution in [-0.4, -0.2) is 25.9 Å². The lowest BCUT2D eigenvalue weighted by Crippen LogP contribution is -2.24. The Bertz CT molecular complexity index is 265. The Kier molecular flexibility index (Phi) is 4.18. The van der Waals surface area contributed by atoms with Gasteiger partial charge in [-0.3, -0.25) is 0 Å². The molecular formula is C13H18O2. The molecule has 2 rings (SSSR count). The predicted molar refractivity (Wildman–Crippen MR) is 59.9 cm³/mol. The smallest absolute Gasteiger partial charge is 0.0619 e. The molecule has 1 aromatic carbocycles. The zero-order valence-corrected chi connectivity index (χ0v) is 9.02. The number of benzene rings is 1. The number of hydrogen-bond acceptors (Lipinski definition) is 2. The van der Waals surface area contributed by atoms with Crippen molar-refractivity contribution in [2.75, 3.05) is 19.8 Å². The first-order valence-corrected chi connectivity index (χ1v) is 5.68. The Morgan fingerprint density at radius 3 is 2.60 bits per heavy atom. The zero-order valence-electron chi connectivity index (χ0n) is 9.02. The summed E-state index contributed by atoms with van der Waals surface area (Å²) in [5, 5.41) is 0. The Hall–Kier alpha value is -0.860. The van der Waals surface area contributed by atoms with Crippen molar-refractivity contribution in [1.82, 2.24) is 0 Å². The third kappa shape index (κ3) is 3.65. The first kappa shape index (κ1) is 10.7. The van der Waals surface area contributed by atoms with Crippen LogP contribution in [0.25, 0.3) is 0 Å². The maximum absolute atomic E-state index is 5.81. The monoisotopic (exact) mass is 206 g/mol. The van der Waals surface area contributed by atoms with Crippen LogP contribution in [0.15, 0.2) is 30.3 Å². The van der Waals surface area contributed by atoms with Gasteiger partial charge in [0, 0.05) is 13.2 Å². The zero-order chi connectivity index (χ0) is 10.3. The Labute approximate surface area is 91.2 Å². The van der Waals surface area contributed by atoms with Crippen LogP contribution in [0.3, 0.4) is 0 Å². The molecule has 0 amide bonds. The molecule has 2 heteroatoms. The molecule has 2 nitrogen and oxygen atoms in total. The lowest BCUT2D eigenvalue weighted by atomic mass is 10.1. The standard InChI is InChI=1S/C13H18O2/c1-2-4-12(5-3-1)6-11-15-13-7-9-14-10-8-13/h1-5,13H,6-11H2. The van der Waals surface area contributed by atoms with Crippen molar-refractivity contribution >= 4 is 0 Å². The van der Waals surface area contributed by atoms with E-state index in [0.29, 0.717) is 6.10 Å². The molecule has 1 saturated heterocycles. The van der Waals surface area contributed by atoms with Crippen molar-refractivity contribution in [1.29, 1.82) is 0 Å². The molecule has 0 spiro atoms. The van der Waals surface area contributed by atoms with Crippen LogP contribution in [-0.2, 0) is 15.9 Å². The van der Waals surface area contributed by atoms with Gasteiger partial charge in [0.05, 0.1) is 12.7 Å². The lowest BCUT2D eigenvalue weighted by molar-refractivity contribution is -0.0307. The number of ether oxygens (including phenoxy) is 2. The van der Waals surface area contributed by atoms with Crippen LogP contribution in [0.4, 0.5) is 0 Å². The average molecular weight is 206 g/mol. The summed E-state index contributed by atoms with van der Waals surface area (Å²) < 4.78 is 11.1. The van der Waals surface area contributed by atoms with Gasteiger partial charge in [-0.1, -0.05) is 30.3 Å². The Morgan fingerprint density at radius 2 is 1.87 bits per heavy atom. The third-order valence-electron chi connectivity index (χ3n) is 2.76. The van der Waals surface area contributed by atoms with Gasteiger partial charge in [-0.25, -0.2) is 0 Å². The number of hydrogen-bond donors (Lipinski definition) is 0. The fraction of sp³-hybridized carbons (Fsp3) is 0.538. The van der Waals surface area contributed by atoms with Crippen LogP contribution in [0, 0.1) is 0 Å². The van der Waals surface area contributed by atoms with E-state index in [1.807, 2.05) is 6.07 Å². The molecule has 0 saturated carbocycles. The van der Waals surface area contributed by atoms with Crippen molar-refractivity contribution in [3.05, 3.63) is 35.9 Å². The van der Waals surface area contributed by atoms with E-state index in [1.165, 1.54) is 5.56 Å². The van der Waals surface area contributed by atoms with Gasteiger partial charge in [0.15, 0.2) is 0 Å². The maximum Gasteiger partial charge on any atom is 0.0619 e. The SMILES string of the molecule is c1ccc(CCOC2CCOCC2)cc1. The molecule has 15 heavy (non-hydrogen) atoms. The van der Waals surface area contributed by atoms with E-state index in [9.17, 15) is 0 Å². The molecule has 0 unspecified atom stereocenters. The van der Waals surface area contributed by atoms with E-state index in [4.69, 9.17) is 9.47 Å². The molecule has 0 radical (unpaired) electrons. The van der Waals surface area contributed by atoms with E-state index < -0.39 is 0 Å². The molecule has 0 atom stereocenters. The highest BCUT2D eigenvalue weighted by Crippen LogP contribution is 2.11. The Morgan fingerprint density at radius 1 is 1.13 bits per heavy atom. The van der Waals surface area contributed by atoms with Gasteiger partial charge >= 0.3 is 0 Å². The van der Waals surface area contributed by atoms with Crippen molar-refractivity contribution in [2.24, 2.45) is 0 Å². The first-order valence-electron chi connectivity index (χ1n) is 5.68. The molecule has 0 N–H and O–H groups in total. The maximum atomic E-state index is 5.81. The third-order valence-corrected chi connectivity index (χ3v) is 2.76. The van der Waals surface area contributed by atoms with Gasteiger partial charge in [0.25, 0.3) is 0 Å². The molecule has 0 aromatic heterocycles. The fourth-order valence-corrected chi connectivity index (χ4v) is 1.83. The van der Waals surface area contributed by atoms with E-state index in [-0.39, 0.29) is 0 Å². The highest BCUT2D eigenvalue weighted by atomic mass is 16.5. The topological polar surface area (TPSA) is 18.5 Å². The highest BCUT2D eigenvalue weighted by molar-refractivity contribution is 5.14. The van der Waals surface area contributed by atoms with Crippen LogP contribution < -0.4 is 0 Å². The second kappa shape index (κ2) is 5.89. The second-order valence-electron chi connectivity index (χ2n) is 3.92. The van der Waals surface area contributed by atoms with Gasteiger partial charge in [-0.2, -0.15) is 0 Å². The minimum absolute atomic E-state index is 0.419. The summed E-state index contributed by atoms with van der Waals surface area (Å²) >= 11 is 0. The van der Waals surface area contributed by atoms with E-state index >= 15 is 0 Å². The van der Waals surface area contributed by atoms with Crippen molar-refractivity contribution in [3.8, 4) is 0 Å².